The second kappa shape index (κ2) is 11.3. The van der Waals surface area contributed by atoms with Gasteiger partial charge < -0.3 is 13.6 Å². The van der Waals surface area contributed by atoms with Gasteiger partial charge in [-0.2, -0.15) is 0 Å². The highest BCUT2D eigenvalue weighted by atomic mass is 16.5. The largest absolute Gasteiger partial charge is 0.477 e. The van der Waals surface area contributed by atoms with Crippen molar-refractivity contribution in [3.63, 3.8) is 0 Å². The van der Waals surface area contributed by atoms with E-state index in [1.807, 2.05) is 78.9 Å². The van der Waals surface area contributed by atoms with Crippen molar-refractivity contribution < 1.29 is 13.6 Å². The topological polar surface area (TPSA) is 61.3 Å². The fourth-order valence-electron chi connectivity index (χ4n) is 5.18. The summed E-state index contributed by atoms with van der Waals surface area (Å²) in [5.41, 5.74) is 5.15. The highest BCUT2D eigenvalue weighted by molar-refractivity contribution is 5.88. The summed E-state index contributed by atoms with van der Waals surface area (Å²) in [4.78, 5) is 9.57. The van der Waals surface area contributed by atoms with Crippen molar-refractivity contribution in [1.82, 2.24) is 9.97 Å². The average molecular weight is 541 g/mol. The van der Waals surface area contributed by atoms with Crippen molar-refractivity contribution in [3.8, 4) is 16.9 Å². The van der Waals surface area contributed by atoms with Gasteiger partial charge in [0.25, 0.3) is 0 Å². The van der Waals surface area contributed by atoms with Crippen LogP contribution in [0.3, 0.4) is 0 Å². The number of hydrogen-bond acceptors (Lipinski definition) is 5. The third-order valence-corrected chi connectivity index (χ3v) is 7.46. The van der Waals surface area contributed by atoms with E-state index in [0.29, 0.717) is 46.3 Å². The lowest BCUT2D eigenvalue weighted by atomic mass is 9.81. The fourth-order valence-corrected chi connectivity index (χ4v) is 5.18. The molecular weight excluding hydrogens is 508 g/mol. The van der Waals surface area contributed by atoms with Crippen molar-refractivity contribution in [1.29, 1.82) is 0 Å². The molecule has 0 aliphatic carbocycles. The van der Waals surface area contributed by atoms with E-state index in [-0.39, 0.29) is 0 Å². The first-order chi connectivity index (χ1) is 20.1. The van der Waals surface area contributed by atoms with E-state index >= 15 is 0 Å². The lowest BCUT2D eigenvalue weighted by Crippen LogP contribution is -2.39. The first-order valence-electron chi connectivity index (χ1n) is 14.0. The molecule has 41 heavy (non-hydrogen) atoms. The Morgan fingerprint density at radius 3 is 1.71 bits per heavy atom. The highest BCUT2D eigenvalue weighted by Gasteiger charge is 2.44. The van der Waals surface area contributed by atoms with Crippen molar-refractivity contribution in [2.45, 2.75) is 38.2 Å². The molecule has 4 aromatic carbocycles. The van der Waals surface area contributed by atoms with Gasteiger partial charge in [0.05, 0.1) is 11.1 Å². The van der Waals surface area contributed by atoms with E-state index < -0.39 is 5.60 Å². The van der Waals surface area contributed by atoms with Crippen molar-refractivity contribution >= 4 is 33.3 Å². The summed E-state index contributed by atoms with van der Waals surface area (Å²) < 4.78 is 19.4. The molecule has 0 radical (unpaired) electrons. The van der Waals surface area contributed by atoms with Gasteiger partial charge >= 0.3 is 0 Å². The molecule has 2 heterocycles. The molecule has 5 nitrogen and oxygen atoms in total. The van der Waals surface area contributed by atoms with Crippen LogP contribution in [-0.4, -0.2) is 15.6 Å². The number of aromatic nitrogens is 2. The van der Waals surface area contributed by atoms with Crippen LogP contribution in [0.25, 0.3) is 44.5 Å². The van der Waals surface area contributed by atoms with E-state index in [1.165, 1.54) is 0 Å². The summed E-state index contributed by atoms with van der Waals surface area (Å²) in [6.07, 6.45) is 3.53. The Hall–Kier alpha value is -4.90. The molecule has 0 aliphatic rings. The molecule has 0 atom stereocenters. The molecule has 0 bridgehead atoms. The van der Waals surface area contributed by atoms with Gasteiger partial charge in [0.1, 0.15) is 16.8 Å². The fraction of sp³-hybridized carbons (Fsp3) is 0.167. The maximum atomic E-state index is 6.96. The number of benzene rings is 4. The average Bonchev–Trinajstić information content (AvgIpc) is 3.65. The van der Waals surface area contributed by atoms with Crippen LogP contribution < -0.4 is 4.74 Å². The second-order valence-corrected chi connectivity index (χ2v) is 10.2. The van der Waals surface area contributed by atoms with Crippen LogP contribution >= 0.6 is 0 Å². The Morgan fingerprint density at radius 1 is 0.659 bits per heavy atom. The number of ether oxygens (including phenoxy) is 1. The molecule has 6 rings (SSSR count). The number of oxazole rings is 2. The number of fused-ring (bicyclic) bond motifs is 2. The van der Waals surface area contributed by atoms with Gasteiger partial charge in [0.15, 0.2) is 16.8 Å². The van der Waals surface area contributed by atoms with Gasteiger partial charge in [-0.3, -0.25) is 0 Å². The lowest BCUT2D eigenvalue weighted by Gasteiger charge is -2.36. The number of rotatable bonds is 11. The molecule has 5 heteroatoms. The molecular formula is C36H32N2O3. The zero-order chi connectivity index (χ0) is 28.2. The maximum Gasteiger partial charge on any atom is 0.227 e. The zero-order valence-electron chi connectivity index (χ0n) is 23.2. The normalized spacial score (nSPS) is 11.6. The smallest absolute Gasteiger partial charge is 0.227 e. The van der Waals surface area contributed by atoms with Crippen molar-refractivity contribution in [2.24, 2.45) is 0 Å². The Kier molecular flexibility index (Phi) is 7.26. The van der Waals surface area contributed by atoms with Crippen LogP contribution in [0.1, 0.15) is 44.4 Å². The minimum absolute atomic E-state index is 0.404. The van der Waals surface area contributed by atoms with Crippen LogP contribution in [0.4, 0.5) is 0 Å². The predicted molar refractivity (Wildman–Crippen MR) is 165 cm³/mol. The van der Waals surface area contributed by atoms with E-state index in [1.54, 1.807) is 0 Å². The molecule has 0 N–H and O–H groups in total. The highest BCUT2D eigenvalue weighted by Crippen LogP contribution is 2.45. The Bertz CT molecular complexity index is 1660. The summed E-state index contributed by atoms with van der Waals surface area (Å²) in [5, 5.41) is 0. The lowest BCUT2D eigenvalue weighted by molar-refractivity contribution is 0.172. The summed E-state index contributed by atoms with van der Waals surface area (Å²) in [6.45, 7) is 11.2. The number of nitrogens with zero attached hydrogens (tertiary/aromatic N) is 2. The van der Waals surface area contributed by atoms with Crippen molar-refractivity contribution in [3.05, 3.63) is 128 Å². The predicted octanol–water partition coefficient (Wildman–Crippen LogP) is 9.76. The van der Waals surface area contributed by atoms with Crippen LogP contribution in [0.15, 0.2) is 125 Å². The van der Waals surface area contributed by atoms with Gasteiger partial charge in [-0.05, 0) is 60.4 Å². The molecule has 0 unspecified atom stereocenters. The molecule has 0 spiro atoms. The summed E-state index contributed by atoms with van der Waals surface area (Å²) in [7, 11) is 0. The van der Waals surface area contributed by atoms with E-state index in [4.69, 9.17) is 23.5 Å². The Labute approximate surface area is 239 Å². The summed E-state index contributed by atoms with van der Waals surface area (Å²) in [5.74, 6) is 1.48. The van der Waals surface area contributed by atoms with Gasteiger partial charge in [-0.15, -0.1) is 0 Å². The minimum Gasteiger partial charge on any atom is -0.477 e. The monoisotopic (exact) mass is 540 g/mol. The number of hydrogen-bond donors (Lipinski definition) is 0. The SMILES string of the molecule is C=C(c1nc2ccccc2o1)C(CCCCC)(Oc1ccc(-c2ccccc2)cc1)C(=C)c1nc2ccccc2o1. The second-order valence-electron chi connectivity index (χ2n) is 10.2. The first kappa shape index (κ1) is 26.3. The molecule has 0 saturated heterocycles. The quantitative estimate of drug-likeness (QED) is 0.153. The van der Waals surface area contributed by atoms with Gasteiger partial charge in [-0.25, -0.2) is 9.97 Å². The summed E-state index contributed by atoms with van der Waals surface area (Å²) in [6, 6.07) is 33.7. The third-order valence-electron chi connectivity index (χ3n) is 7.46. The molecule has 0 fully saturated rings. The summed E-state index contributed by atoms with van der Waals surface area (Å²) >= 11 is 0. The molecule has 2 aromatic heterocycles. The molecule has 204 valence electrons. The maximum absolute atomic E-state index is 6.96. The van der Waals surface area contributed by atoms with Crippen LogP contribution in [0.2, 0.25) is 0 Å². The zero-order valence-corrected chi connectivity index (χ0v) is 23.2. The van der Waals surface area contributed by atoms with E-state index in [0.717, 1.165) is 41.4 Å². The number of unbranched alkanes of at least 4 members (excludes halogenated alkanes) is 2. The van der Waals surface area contributed by atoms with Crippen molar-refractivity contribution in [2.75, 3.05) is 0 Å². The van der Waals surface area contributed by atoms with E-state index in [2.05, 4.69) is 44.3 Å². The van der Waals surface area contributed by atoms with Crippen LogP contribution in [-0.2, 0) is 0 Å². The Morgan fingerprint density at radius 2 is 1.17 bits per heavy atom. The van der Waals surface area contributed by atoms with Gasteiger partial charge in [0.2, 0.25) is 11.8 Å². The van der Waals surface area contributed by atoms with Crippen LogP contribution in [0, 0.1) is 0 Å². The molecule has 0 aliphatic heterocycles. The molecule has 6 aromatic rings. The van der Waals surface area contributed by atoms with E-state index in [9.17, 15) is 0 Å². The molecule has 0 saturated carbocycles. The van der Waals surface area contributed by atoms with Gasteiger partial charge in [-0.1, -0.05) is 99.7 Å². The van der Waals surface area contributed by atoms with Crippen LogP contribution in [0.5, 0.6) is 5.75 Å². The Balaban J connectivity index is 1.46. The standard InChI is InChI=1S/C36H32N2O3/c1-4-5-13-24-36(25(2)34-37-30-16-9-11-18-32(30)39-34,26(3)35-38-31-17-10-12-19-33(31)40-35)41-29-22-20-28(21-23-29)27-14-7-6-8-15-27/h6-12,14-23H,2-5,13,24H2,1H3. The minimum atomic E-state index is -1.12. The molecule has 0 amide bonds. The first-order valence-corrected chi connectivity index (χ1v) is 14.0. The third kappa shape index (κ3) is 5.19. The van der Waals surface area contributed by atoms with Gasteiger partial charge in [0, 0.05) is 0 Å². The number of para-hydroxylation sites is 4.